The van der Waals surface area contributed by atoms with Gasteiger partial charge in [-0.15, -0.1) is 11.3 Å². The molecule has 3 aromatic carbocycles. The van der Waals surface area contributed by atoms with Crippen molar-refractivity contribution in [3.63, 3.8) is 0 Å². The van der Waals surface area contributed by atoms with E-state index in [0.717, 1.165) is 36.9 Å². The molecule has 280 valence electrons. The zero-order valence-corrected chi connectivity index (χ0v) is 31.9. The minimum Gasteiger partial charge on any atom is -0.508 e. The van der Waals surface area contributed by atoms with E-state index in [-0.39, 0.29) is 49.8 Å². The maximum absolute atomic E-state index is 15.3. The van der Waals surface area contributed by atoms with E-state index in [4.69, 9.17) is 16.7 Å². The summed E-state index contributed by atoms with van der Waals surface area (Å²) in [6.45, 7) is 3.78. The van der Waals surface area contributed by atoms with Crippen molar-refractivity contribution in [1.29, 1.82) is 0 Å². The number of amides is 4. The monoisotopic (exact) mass is 776 g/mol. The number of anilines is 1. The second-order valence-electron chi connectivity index (χ2n) is 15.4. The maximum Gasteiger partial charge on any atom is 0.303 e. The lowest BCUT2D eigenvalue weighted by Gasteiger charge is -2.49. The molecule has 5 aromatic rings. The molecule has 13 heteroatoms. The van der Waals surface area contributed by atoms with Crippen LogP contribution in [0.25, 0.3) is 31.4 Å². The van der Waals surface area contributed by atoms with Crippen LogP contribution in [-0.4, -0.2) is 61.0 Å². The molecule has 0 spiro atoms. The average Bonchev–Trinajstić information content (AvgIpc) is 3.82. The summed E-state index contributed by atoms with van der Waals surface area (Å²) in [7, 11) is 1.70. The molecule has 1 saturated carbocycles. The lowest BCUT2D eigenvalue weighted by atomic mass is 9.51. The number of thiophene rings is 1. The Bertz CT molecular complexity index is 2570. The lowest BCUT2D eigenvalue weighted by molar-refractivity contribution is -0.142. The average molecular weight is 777 g/mol. The fourth-order valence-electron chi connectivity index (χ4n) is 10.0. The van der Waals surface area contributed by atoms with Crippen molar-refractivity contribution in [2.45, 2.75) is 45.4 Å². The molecule has 2 aromatic heterocycles. The van der Waals surface area contributed by atoms with Gasteiger partial charge in [-0.3, -0.25) is 33.6 Å². The molecule has 11 nitrogen and oxygen atoms in total. The van der Waals surface area contributed by atoms with Gasteiger partial charge in [0.25, 0.3) is 0 Å². The fourth-order valence-corrected chi connectivity index (χ4v) is 11.3. The van der Waals surface area contributed by atoms with Crippen LogP contribution < -0.4 is 4.90 Å². The number of aromatic nitrogens is 2. The number of benzene rings is 3. The summed E-state index contributed by atoms with van der Waals surface area (Å²) in [5, 5.41) is 28.9. The van der Waals surface area contributed by atoms with Crippen LogP contribution in [0.3, 0.4) is 0 Å². The Kier molecular flexibility index (Phi) is 8.11. The predicted molar refractivity (Wildman–Crippen MR) is 208 cm³/mol. The van der Waals surface area contributed by atoms with Gasteiger partial charge in [0.15, 0.2) is 0 Å². The van der Waals surface area contributed by atoms with Crippen molar-refractivity contribution in [1.82, 2.24) is 14.7 Å². The molecule has 4 amide bonds. The van der Waals surface area contributed by atoms with E-state index >= 15 is 4.79 Å². The number of aryl methyl sites for hydroxylation is 2. The van der Waals surface area contributed by atoms with Crippen LogP contribution in [0, 0.1) is 36.0 Å². The standard InChI is InChI=1S/C42H37ClN4O7S/c1-20-26-17-22(43)11-15-31(26)55-37(20)29-19-32(45(3)44-29)47-39(52)28-18-27-24(12-13-25-34(27)40(53)46(38(25)51)16-6-9-33(49)50)36(42(28,2)41(47)54)35-23-8-5-4-7-21(23)10-14-30(35)48/h4-5,7-8,10-12,14-15,17,19,25,27-28,34,36,48H,6,9,13,16,18H2,1-3H3,(H,49,50)/t25-,27+,28-,34-,36+,42+/m0/s1. The molecule has 2 aliphatic carbocycles. The molecule has 0 unspecified atom stereocenters. The molecule has 2 saturated heterocycles. The van der Waals surface area contributed by atoms with Crippen LogP contribution in [0.1, 0.15) is 49.7 Å². The minimum absolute atomic E-state index is 0.00592. The number of rotatable bonds is 7. The predicted octanol–water partition coefficient (Wildman–Crippen LogP) is 7.22. The Morgan fingerprint density at radius 2 is 1.78 bits per heavy atom. The highest BCUT2D eigenvalue weighted by Gasteiger charge is 2.68. The minimum atomic E-state index is -1.38. The lowest BCUT2D eigenvalue weighted by Crippen LogP contribution is -2.49. The Morgan fingerprint density at radius 3 is 2.56 bits per heavy atom. The number of carbonyl (C=O) groups is 5. The number of hydrogen-bond acceptors (Lipinski definition) is 8. The summed E-state index contributed by atoms with van der Waals surface area (Å²) in [5.74, 6) is -6.06. The zero-order valence-electron chi connectivity index (χ0n) is 30.3. The van der Waals surface area contributed by atoms with E-state index < -0.39 is 52.8 Å². The largest absolute Gasteiger partial charge is 0.508 e. The number of aromatic hydroxyl groups is 1. The summed E-state index contributed by atoms with van der Waals surface area (Å²) >= 11 is 7.87. The smallest absolute Gasteiger partial charge is 0.303 e. The topological polar surface area (TPSA) is 150 Å². The van der Waals surface area contributed by atoms with E-state index in [1.54, 1.807) is 42.1 Å². The van der Waals surface area contributed by atoms with Gasteiger partial charge in [-0.05, 0) is 85.0 Å². The first kappa shape index (κ1) is 35.4. The molecule has 4 heterocycles. The highest BCUT2D eigenvalue weighted by atomic mass is 35.5. The van der Waals surface area contributed by atoms with Gasteiger partial charge < -0.3 is 10.2 Å². The van der Waals surface area contributed by atoms with Crippen molar-refractivity contribution in [2.24, 2.45) is 36.1 Å². The third-order valence-corrected chi connectivity index (χ3v) is 14.1. The first-order valence-electron chi connectivity index (χ1n) is 18.4. The summed E-state index contributed by atoms with van der Waals surface area (Å²) in [5.41, 5.74) is 1.47. The molecule has 55 heavy (non-hydrogen) atoms. The Morgan fingerprint density at radius 1 is 1.00 bits per heavy atom. The number of likely N-dealkylation sites (tertiary alicyclic amines) is 1. The second kappa shape index (κ2) is 12.6. The molecule has 0 bridgehead atoms. The van der Waals surface area contributed by atoms with Crippen molar-refractivity contribution < 1.29 is 34.2 Å². The molecule has 3 fully saturated rings. The third-order valence-electron chi connectivity index (χ3n) is 12.6. The molecule has 0 radical (unpaired) electrons. The second-order valence-corrected chi connectivity index (χ2v) is 16.9. The first-order chi connectivity index (χ1) is 26.3. The quantitative estimate of drug-likeness (QED) is 0.130. The van der Waals surface area contributed by atoms with Crippen LogP contribution in [-0.2, 0) is 31.0 Å². The van der Waals surface area contributed by atoms with E-state index in [1.165, 1.54) is 9.80 Å². The summed E-state index contributed by atoms with van der Waals surface area (Å²) < 4.78 is 2.58. The number of carboxylic acids is 1. The summed E-state index contributed by atoms with van der Waals surface area (Å²) in [4.78, 5) is 72.7. The third kappa shape index (κ3) is 5.07. The van der Waals surface area contributed by atoms with Crippen molar-refractivity contribution in [3.05, 3.63) is 88.5 Å². The number of phenols is 1. The van der Waals surface area contributed by atoms with Crippen LogP contribution >= 0.6 is 22.9 Å². The number of hydrogen-bond donors (Lipinski definition) is 2. The van der Waals surface area contributed by atoms with Crippen molar-refractivity contribution in [2.75, 3.05) is 11.4 Å². The van der Waals surface area contributed by atoms with Crippen molar-refractivity contribution in [3.8, 4) is 16.3 Å². The highest BCUT2D eigenvalue weighted by Crippen LogP contribution is 2.65. The van der Waals surface area contributed by atoms with Gasteiger partial charge in [0.2, 0.25) is 23.6 Å². The number of imide groups is 2. The maximum atomic E-state index is 15.3. The number of aliphatic carboxylic acids is 1. The number of fused-ring (bicyclic) bond motifs is 6. The molecular weight excluding hydrogens is 740 g/mol. The Hall–Kier alpha value is -5.33. The van der Waals surface area contributed by atoms with Crippen LogP contribution in [0.4, 0.5) is 5.82 Å². The van der Waals surface area contributed by atoms with Gasteiger partial charge in [-0.25, -0.2) is 4.90 Å². The molecular formula is C42H37ClN4O7S. The zero-order chi connectivity index (χ0) is 38.7. The van der Waals surface area contributed by atoms with E-state index in [0.29, 0.717) is 22.1 Å². The first-order valence-corrected chi connectivity index (χ1v) is 19.6. The van der Waals surface area contributed by atoms with Crippen molar-refractivity contribution >= 4 is 79.2 Å². The van der Waals surface area contributed by atoms with Gasteiger partial charge in [-0.2, -0.15) is 5.10 Å². The van der Waals surface area contributed by atoms with Crippen LogP contribution in [0.5, 0.6) is 5.75 Å². The van der Waals surface area contributed by atoms with Gasteiger partial charge in [0.05, 0.1) is 28.0 Å². The molecule has 2 aliphatic heterocycles. The van der Waals surface area contributed by atoms with Gasteiger partial charge in [0, 0.05) is 47.3 Å². The van der Waals surface area contributed by atoms with Crippen LogP contribution in [0.15, 0.2) is 72.3 Å². The number of phenolic OH excluding ortho intramolecular Hbond substituents is 1. The fraction of sp³-hybridized carbons (Fsp3) is 0.333. The van der Waals surface area contributed by atoms with Gasteiger partial charge >= 0.3 is 5.97 Å². The summed E-state index contributed by atoms with van der Waals surface area (Å²) in [6, 6.07) is 18.4. The van der Waals surface area contributed by atoms with Gasteiger partial charge in [-0.1, -0.05) is 53.6 Å². The Labute approximate surface area is 324 Å². The number of halogens is 1. The molecule has 4 aliphatic rings. The van der Waals surface area contributed by atoms with E-state index in [9.17, 15) is 29.4 Å². The van der Waals surface area contributed by atoms with E-state index in [2.05, 4.69) is 0 Å². The number of nitrogens with zero attached hydrogens (tertiary/aromatic N) is 4. The summed E-state index contributed by atoms with van der Waals surface area (Å²) in [6.07, 6.45) is 2.30. The highest BCUT2D eigenvalue weighted by molar-refractivity contribution is 7.22. The van der Waals surface area contributed by atoms with Gasteiger partial charge in [0.1, 0.15) is 17.3 Å². The number of carbonyl (C=O) groups excluding carboxylic acids is 4. The normalized spacial score (nSPS) is 26.2. The van der Waals surface area contributed by atoms with Crippen LogP contribution in [0.2, 0.25) is 5.02 Å². The SMILES string of the molecule is Cc1c(-c2cc(N3C(=O)[C@@H]4C[C@@H]5C(=CC[C@@H]6C(=O)N(CCCC(=O)O)C(=O)[C@@H]65)[C@H](c5c(O)ccc6ccccc56)[C@]4(C)C3=O)n(C)n2)sc2ccc(Cl)cc12. The molecule has 2 N–H and O–H groups in total. The molecule has 9 rings (SSSR count). The van der Waals surface area contributed by atoms with E-state index in [1.807, 2.05) is 61.5 Å². The molecule has 6 atom stereocenters. The number of carboxylic acid groups (broad SMARTS) is 1. The number of allylic oxidation sites excluding steroid dienone is 2. The Balaban J connectivity index is 1.17.